The summed E-state index contributed by atoms with van der Waals surface area (Å²) in [6.07, 6.45) is 0. The highest BCUT2D eigenvalue weighted by molar-refractivity contribution is 9.10. The number of benzene rings is 1. The smallest absolute Gasteiger partial charge is 0.274 e. The lowest BCUT2D eigenvalue weighted by atomic mass is 10.2. The minimum atomic E-state index is -0.320. The van der Waals surface area contributed by atoms with Gasteiger partial charge in [-0.1, -0.05) is 27.1 Å². The van der Waals surface area contributed by atoms with Gasteiger partial charge in [-0.15, -0.1) is 5.10 Å². The zero-order chi connectivity index (χ0) is 12.5. The van der Waals surface area contributed by atoms with Crippen molar-refractivity contribution in [3.8, 4) is 0 Å². The third kappa shape index (κ3) is 1.86. The van der Waals surface area contributed by atoms with Crippen LogP contribution in [0.3, 0.4) is 0 Å². The summed E-state index contributed by atoms with van der Waals surface area (Å²) < 4.78 is 0.926. The van der Waals surface area contributed by atoms with Crippen LogP contribution in [0.2, 0.25) is 0 Å². The molecule has 2 aromatic heterocycles. The maximum Gasteiger partial charge on any atom is 0.274 e. The van der Waals surface area contributed by atoms with Gasteiger partial charge in [-0.05, 0) is 23.4 Å². The predicted octanol–water partition coefficient (Wildman–Crippen LogP) is 1.70. The van der Waals surface area contributed by atoms with Crippen LogP contribution in [-0.4, -0.2) is 31.5 Å². The van der Waals surface area contributed by atoms with E-state index in [1.165, 1.54) is 0 Å². The molecule has 8 heteroatoms. The zero-order valence-corrected chi connectivity index (χ0v) is 10.5. The van der Waals surface area contributed by atoms with E-state index in [1.807, 2.05) is 18.2 Å². The molecule has 1 amide bonds. The van der Waals surface area contributed by atoms with Gasteiger partial charge in [0.1, 0.15) is 5.69 Å². The number of hydrogen-bond donors (Lipinski definition) is 3. The van der Waals surface area contributed by atoms with E-state index >= 15 is 0 Å². The average molecular weight is 307 g/mol. The minimum absolute atomic E-state index is 0.137. The SMILES string of the molecule is O=C(Nc1nn[nH]n1)c1cc2c(Br)cccc2[nH]1. The number of amides is 1. The van der Waals surface area contributed by atoms with Gasteiger partial charge in [0.15, 0.2) is 0 Å². The molecule has 0 fully saturated rings. The largest absolute Gasteiger partial charge is 0.350 e. The number of H-pyrrole nitrogens is 2. The molecule has 2 heterocycles. The molecular weight excluding hydrogens is 300 g/mol. The van der Waals surface area contributed by atoms with Crippen LogP contribution in [-0.2, 0) is 0 Å². The van der Waals surface area contributed by atoms with Crippen LogP contribution in [0.5, 0.6) is 0 Å². The van der Waals surface area contributed by atoms with Crippen LogP contribution in [0.15, 0.2) is 28.7 Å². The number of anilines is 1. The Morgan fingerprint density at radius 2 is 2.28 bits per heavy atom. The van der Waals surface area contributed by atoms with Crippen molar-refractivity contribution >= 4 is 38.7 Å². The van der Waals surface area contributed by atoms with Crippen LogP contribution >= 0.6 is 15.9 Å². The number of carbonyl (C=O) groups is 1. The molecular formula is C10H7BrN6O. The molecule has 3 aromatic rings. The second-order valence-corrected chi connectivity index (χ2v) is 4.43. The Morgan fingerprint density at radius 3 is 3.00 bits per heavy atom. The van der Waals surface area contributed by atoms with Crippen LogP contribution in [0.25, 0.3) is 10.9 Å². The first-order valence-electron chi connectivity index (χ1n) is 5.06. The number of fused-ring (bicyclic) bond motifs is 1. The van der Waals surface area contributed by atoms with E-state index in [9.17, 15) is 4.79 Å². The number of hydrogen-bond acceptors (Lipinski definition) is 4. The van der Waals surface area contributed by atoms with Crippen molar-refractivity contribution in [1.82, 2.24) is 25.6 Å². The Balaban J connectivity index is 1.94. The fourth-order valence-electron chi connectivity index (χ4n) is 1.62. The molecule has 0 unspecified atom stereocenters. The zero-order valence-electron chi connectivity index (χ0n) is 8.94. The van der Waals surface area contributed by atoms with Crippen LogP contribution in [0, 0.1) is 0 Å². The van der Waals surface area contributed by atoms with Crippen molar-refractivity contribution in [3.05, 3.63) is 34.4 Å². The molecule has 3 rings (SSSR count). The fourth-order valence-corrected chi connectivity index (χ4v) is 2.10. The van der Waals surface area contributed by atoms with Gasteiger partial charge in [-0.2, -0.15) is 5.21 Å². The predicted molar refractivity (Wildman–Crippen MR) is 68.1 cm³/mol. The summed E-state index contributed by atoms with van der Waals surface area (Å²) >= 11 is 3.43. The van der Waals surface area contributed by atoms with Gasteiger partial charge in [0, 0.05) is 15.4 Å². The highest BCUT2D eigenvalue weighted by Crippen LogP contribution is 2.24. The Morgan fingerprint density at radius 1 is 1.39 bits per heavy atom. The molecule has 0 bridgehead atoms. The molecule has 0 aliphatic rings. The monoisotopic (exact) mass is 306 g/mol. The van der Waals surface area contributed by atoms with E-state index in [0.717, 1.165) is 15.4 Å². The molecule has 18 heavy (non-hydrogen) atoms. The summed E-state index contributed by atoms with van der Waals surface area (Å²) in [5.41, 5.74) is 1.31. The molecule has 7 nitrogen and oxygen atoms in total. The van der Waals surface area contributed by atoms with Crippen LogP contribution in [0.4, 0.5) is 5.95 Å². The third-order valence-corrected chi connectivity index (χ3v) is 3.12. The molecule has 1 aromatic carbocycles. The Labute approximate surface area is 109 Å². The first-order chi connectivity index (χ1) is 8.74. The summed E-state index contributed by atoms with van der Waals surface area (Å²) in [6, 6.07) is 7.46. The highest BCUT2D eigenvalue weighted by Gasteiger charge is 2.12. The number of nitrogens with one attached hydrogen (secondary N) is 3. The topological polar surface area (TPSA) is 99.3 Å². The van der Waals surface area contributed by atoms with Crippen molar-refractivity contribution in [2.45, 2.75) is 0 Å². The van der Waals surface area contributed by atoms with E-state index in [-0.39, 0.29) is 11.9 Å². The van der Waals surface area contributed by atoms with Crippen molar-refractivity contribution in [1.29, 1.82) is 0 Å². The van der Waals surface area contributed by atoms with E-state index in [4.69, 9.17) is 0 Å². The quantitative estimate of drug-likeness (QED) is 0.671. The standard InChI is InChI=1S/C10H7BrN6O/c11-6-2-1-3-7-5(6)4-8(12-7)9(18)13-10-14-16-17-15-10/h1-4,12H,(H2,13,14,15,16,17,18). The molecule has 0 radical (unpaired) electrons. The summed E-state index contributed by atoms with van der Waals surface area (Å²) in [5, 5.41) is 16.4. The summed E-state index contributed by atoms with van der Waals surface area (Å²) in [7, 11) is 0. The van der Waals surface area contributed by atoms with E-state index in [2.05, 4.69) is 46.9 Å². The molecule has 3 N–H and O–H groups in total. The highest BCUT2D eigenvalue weighted by atomic mass is 79.9. The first kappa shape index (κ1) is 10.9. The molecule has 0 atom stereocenters. The fraction of sp³-hybridized carbons (Fsp3) is 0. The number of nitrogens with zero attached hydrogens (tertiary/aromatic N) is 3. The second kappa shape index (κ2) is 4.22. The lowest BCUT2D eigenvalue weighted by molar-refractivity contribution is 0.102. The number of rotatable bonds is 2. The third-order valence-electron chi connectivity index (χ3n) is 2.43. The van der Waals surface area contributed by atoms with Gasteiger partial charge in [0.2, 0.25) is 0 Å². The summed E-state index contributed by atoms with van der Waals surface area (Å²) in [5.74, 6) is -0.183. The van der Waals surface area contributed by atoms with Crippen molar-refractivity contribution in [2.75, 3.05) is 5.32 Å². The van der Waals surface area contributed by atoms with Gasteiger partial charge in [-0.25, -0.2) is 0 Å². The molecule has 0 spiro atoms. The maximum absolute atomic E-state index is 11.9. The normalized spacial score (nSPS) is 10.7. The second-order valence-electron chi connectivity index (χ2n) is 3.57. The van der Waals surface area contributed by atoms with Crippen LogP contribution in [0.1, 0.15) is 10.5 Å². The van der Waals surface area contributed by atoms with Crippen molar-refractivity contribution in [2.24, 2.45) is 0 Å². The molecule has 0 saturated carbocycles. The van der Waals surface area contributed by atoms with Gasteiger partial charge in [0.05, 0.1) is 0 Å². The number of tetrazole rings is 1. The lowest BCUT2D eigenvalue weighted by Crippen LogP contribution is -2.13. The molecule has 0 aliphatic carbocycles. The van der Waals surface area contributed by atoms with Crippen LogP contribution < -0.4 is 5.32 Å². The first-order valence-corrected chi connectivity index (χ1v) is 5.85. The minimum Gasteiger partial charge on any atom is -0.350 e. The molecule has 0 saturated heterocycles. The summed E-state index contributed by atoms with van der Waals surface area (Å²) in [4.78, 5) is 14.9. The lowest BCUT2D eigenvalue weighted by Gasteiger charge is -1.95. The summed E-state index contributed by atoms with van der Waals surface area (Å²) in [6.45, 7) is 0. The van der Waals surface area contributed by atoms with Crippen molar-refractivity contribution < 1.29 is 4.79 Å². The van der Waals surface area contributed by atoms with Gasteiger partial charge < -0.3 is 4.98 Å². The van der Waals surface area contributed by atoms with E-state index in [0.29, 0.717) is 5.69 Å². The van der Waals surface area contributed by atoms with Gasteiger partial charge in [0.25, 0.3) is 11.9 Å². The van der Waals surface area contributed by atoms with E-state index in [1.54, 1.807) is 6.07 Å². The number of aromatic amines is 2. The maximum atomic E-state index is 11.9. The van der Waals surface area contributed by atoms with Crippen molar-refractivity contribution in [3.63, 3.8) is 0 Å². The number of aromatic nitrogens is 5. The molecule has 0 aliphatic heterocycles. The Hall–Kier alpha value is -2.22. The number of halogens is 1. The average Bonchev–Trinajstić information content (AvgIpc) is 2.97. The number of carbonyl (C=O) groups excluding carboxylic acids is 1. The Kier molecular flexibility index (Phi) is 2.56. The molecule has 90 valence electrons. The van der Waals surface area contributed by atoms with Gasteiger partial charge in [-0.3, -0.25) is 10.1 Å². The van der Waals surface area contributed by atoms with E-state index < -0.39 is 0 Å². The Bertz CT molecular complexity index is 704. The van der Waals surface area contributed by atoms with Gasteiger partial charge >= 0.3 is 0 Å².